The number of carbonyl (C=O) groups is 2. The van der Waals surface area contributed by atoms with Crippen LogP contribution in [0.5, 0.6) is 0 Å². The molecule has 1 aliphatic carbocycles. The SMILES string of the molecule is NC1CCC(C(=O)NCc2cccc(C(=O)NCC3CCCO3)c2)C1. The van der Waals surface area contributed by atoms with E-state index in [0.717, 1.165) is 44.3 Å². The summed E-state index contributed by atoms with van der Waals surface area (Å²) in [5.41, 5.74) is 7.38. The molecule has 0 radical (unpaired) electrons. The van der Waals surface area contributed by atoms with Gasteiger partial charge in [-0.05, 0) is 49.8 Å². The van der Waals surface area contributed by atoms with E-state index in [2.05, 4.69) is 10.6 Å². The molecule has 2 aliphatic rings. The van der Waals surface area contributed by atoms with Crippen molar-refractivity contribution in [1.29, 1.82) is 0 Å². The average molecular weight is 345 g/mol. The molecule has 1 aromatic rings. The van der Waals surface area contributed by atoms with Crippen LogP contribution in [0.15, 0.2) is 24.3 Å². The third-order valence-corrected chi connectivity index (χ3v) is 5.01. The highest BCUT2D eigenvalue weighted by Gasteiger charge is 2.27. The Labute approximate surface area is 148 Å². The van der Waals surface area contributed by atoms with Crippen molar-refractivity contribution >= 4 is 11.8 Å². The normalized spacial score (nSPS) is 25.7. The molecular weight excluding hydrogens is 318 g/mol. The summed E-state index contributed by atoms with van der Waals surface area (Å²) in [6, 6.07) is 7.51. The first-order valence-corrected chi connectivity index (χ1v) is 9.14. The topological polar surface area (TPSA) is 93.5 Å². The molecule has 2 fully saturated rings. The number of rotatable bonds is 6. The van der Waals surface area contributed by atoms with Crippen molar-refractivity contribution in [2.24, 2.45) is 11.7 Å². The highest BCUT2D eigenvalue weighted by atomic mass is 16.5. The molecule has 0 aromatic heterocycles. The van der Waals surface area contributed by atoms with Crippen LogP contribution in [0.4, 0.5) is 0 Å². The summed E-state index contributed by atoms with van der Waals surface area (Å²) >= 11 is 0. The van der Waals surface area contributed by atoms with E-state index in [0.29, 0.717) is 18.7 Å². The summed E-state index contributed by atoms with van der Waals surface area (Å²) in [6.45, 7) is 1.75. The molecule has 6 heteroatoms. The van der Waals surface area contributed by atoms with Crippen LogP contribution in [-0.2, 0) is 16.1 Å². The second-order valence-electron chi connectivity index (χ2n) is 7.03. The van der Waals surface area contributed by atoms with Crippen LogP contribution in [0.25, 0.3) is 0 Å². The molecule has 1 aliphatic heterocycles. The van der Waals surface area contributed by atoms with Crippen molar-refractivity contribution < 1.29 is 14.3 Å². The maximum atomic E-state index is 12.3. The highest BCUT2D eigenvalue weighted by molar-refractivity contribution is 5.94. The maximum absolute atomic E-state index is 12.3. The molecule has 3 unspecified atom stereocenters. The van der Waals surface area contributed by atoms with Crippen LogP contribution < -0.4 is 16.4 Å². The van der Waals surface area contributed by atoms with E-state index in [4.69, 9.17) is 10.5 Å². The Bertz CT molecular complexity index is 614. The summed E-state index contributed by atoms with van der Waals surface area (Å²) in [5, 5.41) is 5.88. The van der Waals surface area contributed by atoms with E-state index in [9.17, 15) is 9.59 Å². The molecule has 4 N–H and O–H groups in total. The van der Waals surface area contributed by atoms with Gasteiger partial charge in [-0.2, -0.15) is 0 Å². The van der Waals surface area contributed by atoms with Gasteiger partial charge in [0.25, 0.3) is 5.91 Å². The molecule has 3 atom stereocenters. The predicted molar refractivity (Wildman–Crippen MR) is 94.9 cm³/mol. The third kappa shape index (κ3) is 5.03. The Kier molecular flexibility index (Phi) is 6.04. The largest absolute Gasteiger partial charge is 0.376 e. The fourth-order valence-electron chi connectivity index (χ4n) is 3.52. The van der Waals surface area contributed by atoms with Crippen LogP contribution in [0.1, 0.15) is 48.0 Å². The summed E-state index contributed by atoms with van der Waals surface area (Å²) in [5.74, 6) is -0.0282. The Morgan fingerprint density at radius 1 is 1.20 bits per heavy atom. The van der Waals surface area contributed by atoms with Gasteiger partial charge >= 0.3 is 0 Å². The molecule has 25 heavy (non-hydrogen) atoms. The first-order chi connectivity index (χ1) is 12.1. The van der Waals surface area contributed by atoms with Crippen molar-refractivity contribution in [2.75, 3.05) is 13.2 Å². The summed E-state index contributed by atoms with van der Waals surface area (Å²) < 4.78 is 5.51. The zero-order valence-corrected chi connectivity index (χ0v) is 14.5. The quantitative estimate of drug-likeness (QED) is 0.725. The molecule has 1 aromatic carbocycles. The van der Waals surface area contributed by atoms with Crippen molar-refractivity contribution in [2.45, 2.75) is 50.8 Å². The van der Waals surface area contributed by atoms with Crippen LogP contribution in [0, 0.1) is 5.92 Å². The monoisotopic (exact) mass is 345 g/mol. The maximum Gasteiger partial charge on any atom is 0.251 e. The number of hydrogen-bond acceptors (Lipinski definition) is 4. The molecule has 1 saturated carbocycles. The summed E-state index contributed by atoms with van der Waals surface area (Å²) in [6.07, 6.45) is 4.72. The Morgan fingerprint density at radius 2 is 2.08 bits per heavy atom. The van der Waals surface area contributed by atoms with Gasteiger partial charge in [0.2, 0.25) is 5.91 Å². The van der Waals surface area contributed by atoms with Crippen molar-refractivity contribution in [3.05, 3.63) is 35.4 Å². The lowest BCUT2D eigenvalue weighted by Crippen LogP contribution is -2.32. The lowest BCUT2D eigenvalue weighted by molar-refractivity contribution is -0.125. The number of carbonyl (C=O) groups excluding carboxylic acids is 2. The van der Waals surface area contributed by atoms with Gasteiger partial charge in [0.05, 0.1) is 6.10 Å². The molecule has 2 amide bonds. The lowest BCUT2D eigenvalue weighted by Gasteiger charge is -2.13. The first kappa shape index (κ1) is 17.9. The van der Waals surface area contributed by atoms with Gasteiger partial charge in [0, 0.05) is 37.2 Å². The molecular formula is C19H27N3O3. The van der Waals surface area contributed by atoms with Crippen molar-refractivity contribution in [1.82, 2.24) is 10.6 Å². The number of nitrogens with one attached hydrogen (secondary N) is 2. The smallest absolute Gasteiger partial charge is 0.251 e. The Hall–Kier alpha value is -1.92. The van der Waals surface area contributed by atoms with Crippen LogP contribution in [-0.4, -0.2) is 37.1 Å². The number of amides is 2. The van der Waals surface area contributed by atoms with E-state index < -0.39 is 0 Å². The van der Waals surface area contributed by atoms with Crippen LogP contribution in [0.2, 0.25) is 0 Å². The standard InChI is InChI=1S/C19H27N3O3/c20-16-7-6-15(10-16)19(24)21-11-13-3-1-4-14(9-13)18(23)22-12-17-5-2-8-25-17/h1,3-4,9,15-17H,2,5-8,10-12,20H2,(H,21,24)(H,22,23). The molecule has 1 heterocycles. The van der Waals surface area contributed by atoms with Gasteiger partial charge in [0.15, 0.2) is 0 Å². The van der Waals surface area contributed by atoms with Gasteiger partial charge < -0.3 is 21.1 Å². The zero-order valence-electron chi connectivity index (χ0n) is 14.5. The van der Waals surface area contributed by atoms with Gasteiger partial charge in [-0.25, -0.2) is 0 Å². The lowest BCUT2D eigenvalue weighted by atomic mass is 10.1. The van der Waals surface area contributed by atoms with Gasteiger partial charge in [-0.1, -0.05) is 12.1 Å². The minimum Gasteiger partial charge on any atom is -0.376 e. The van der Waals surface area contributed by atoms with Gasteiger partial charge in [-0.3, -0.25) is 9.59 Å². The number of hydrogen-bond donors (Lipinski definition) is 3. The minimum absolute atomic E-state index is 0.0212. The fraction of sp³-hybridized carbons (Fsp3) is 0.579. The highest BCUT2D eigenvalue weighted by Crippen LogP contribution is 2.24. The molecule has 6 nitrogen and oxygen atoms in total. The summed E-state index contributed by atoms with van der Waals surface area (Å²) in [7, 11) is 0. The van der Waals surface area contributed by atoms with E-state index in [1.54, 1.807) is 6.07 Å². The number of ether oxygens (including phenoxy) is 1. The van der Waals surface area contributed by atoms with Crippen LogP contribution >= 0.6 is 0 Å². The van der Waals surface area contributed by atoms with Crippen molar-refractivity contribution in [3.63, 3.8) is 0 Å². The fourth-order valence-corrected chi connectivity index (χ4v) is 3.52. The molecule has 136 valence electrons. The van der Waals surface area contributed by atoms with Gasteiger partial charge in [-0.15, -0.1) is 0 Å². The van der Waals surface area contributed by atoms with E-state index in [-0.39, 0.29) is 29.9 Å². The second-order valence-corrected chi connectivity index (χ2v) is 7.03. The van der Waals surface area contributed by atoms with Crippen molar-refractivity contribution in [3.8, 4) is 0 Å². The number of nitrogens with two attached hydrogens (primary N) is 1. The first-order valence-electron chi connectivity index (χ1n) is 9.14. The van der Waals surface area contributed by atoms with Gasteiger partial charge in [0.1, 0.15) is 0 Å². The van der Waals surface area contributed by atoms with E-state index in [1.807, 2.05) is 18.2 Å². The second kappa shape index (κ2) is 8.45. The predicted octanol–water partition coefficient (Wildman–Crippen LogP) is 1.34. The Balaban J connectivity index is 1.48. The minimum atomic E-state index is -0.106. The van der Waals surface area contributed by atoms with E-state index >= 15 is 0 Å². The molecule has 3 rings (SSSR count). The summed E-state index contributed by atoms with van der Waals surface area (Å²) in [4.78, 5) is 24.4. The zero-order chi connectivity index (χ0) is 17.6. The molecule has 0 spiro atoms. The average Bonchev–Trinajstić information content (AvgIpc) is 3.29. The molecule has 1 saturated heterocycles. The van der Waals surface area contributed by atoms with Crippen LogP contribution in [0.3, 0.4) is 0 Å². The van der Waals surface area contributed by atoms with E-state index in [1.165, 1.54) is 0 Å². The molecule has 0 bridgehead atoms. The Morgan fingerprint density at radius 3 is 2.80 bits per heavy atom. The number of benzene rings is 1. The third-order valence-electron chi connectivity index (χ3n) is 5.01.